The Hall–Kier alpha value is -7.74. The van der Waals surface area contributed by atoms with Crippen LogP contribution in [0.2, 0.25) is 0 Å². The predicted octanol–water partition coefficient (Wildman–Crippen LogP) is 17.4. The van der Waals surface area contributed by atoms with Gasteiger partial charge in [0.15, 0.2) is 0 Å². The lowest BCUT2D eigenvalue weighted by atomic mass is 9.82. The Balaban J connectivity index is 1.04. The number of para-hydroxylation sites is 1. The summed E-state index contributed by atoms with van der Waals surface area (Å²) >= 11 is 0. The van der Waals surface area contributed by atoms with E-state index in [-0.39, 0.29) is 0 Å². The first-order valence-electron chi connectivity index (χ1n) is 21.9. The summed E-state index contributed by atoms with van der Waals surface area (Å²) in [6.07, 6.45) is 1.05. The molecule has 1 aliphatic carbocycles. The van der Waals surface area contributed by atoms with Crippen LogP contribution in [0.4, 0.5) is 0 Å². The van der Waals surface area contributed by atoms with Crippen LogP contribution in [-0.4, -0.2) is 0 Å². The average molecular weight is 789 g/mol. The molecule has 0 bridgehead atoms. The zero-order valence-corrected chi connectivity index (χ0v) is 34.3. The van der Waals surface area contributed by atoms with Gasteiger partial charge >= 0.3 is 0 Å². The minimum absolute atomic E-state index is 0.345. The van der Waals surface area contributed by atoms with E-state index in [1.54, 1.807) is 0 Å². The van der Waals surface area contributed by atoms with Crippen molar-refractivity contribution in [1.82, 2.24) is 0 Å². The summed E-state index contributed by atoms with van der Waals surface area (Å²) in [7, 11) is 0. The highest BCUT2D eigenvalue weighted by atomic mass is 16.3. The smallest absolute Gasteiger partial charge is 0.143 e. The highest BCUT2D eigenvalue weighted by molar-refractivity contribution is 6.23. The molecule has 0 radical (unpaired) electrons. The molecule has 11 aromatic carbocycles. The third-order valence-corrected chi connectivity index (χ3v) is 13.7. The predicted molar refractivity (Wildman–Crippen MR) is 263 cm³/mol. The van der Waals surface area contributed by atoms with Gasteiger partial charge in [-0.3, -0.25) is 0 Å². The van der Waals surface area contributed by atoms with Crippen LogP contribution < -0.4 is 0 Å². The fraction of sp³-hybridized carbons (Fsp3) is 0.0492. The number of benzene rings is 11. The summed E-state index contributed by atoms with van der Waals surface area (Å²) in [5, 5.41) is 12.2. The number of furan rings is 1. The van der Waals surface area contributed by atoms with Crippen LogP contribution in [0.3, 0.4) is 0 Å². The van der Waals surface area contributed by atoms with Crippen LogP contribution >= 0.6 is 0 Å². The Labute approximate surface area is 360 Å². The van der Waals surface area contributed by atoms with E-state index in [1.165, 1.54) is 98.7 Å². The van der Waals surface area contributed by atoms with Crippen LogP contribution in [-0.2, 0) is 0 Å². The molecule has 290 valence electrons. The van der Waals surface area contributed by atoms with Gasteiger partial charge in [-0.2, -0.15) is 0 Å². The molecule has 0 fully saturated rings. The largest absolute Gasteiger partial charge is 0.455 e. The molecule has 1 nitrogen and oxygen atoms in total. The van der Waals surface area contributed by atoms with Gasteiger partial charge in [-0.1, -0.05) is 183 Å². The lowest BCUT2D eigenvalue weighted by Gasteiger charge is -2.21. The van der Waals surface area contributed by atoms with Crippen molar-refractivity contribution >= 4 is 65.0 Å². The molecule has 1 heterocycles. The van der Waals surface area contributed by atoms with Crippen LogP contribution in [0, 0.1) is 0 Å². The highest BCUT2D eigenvalue weighted by Gasteiger charge is 2.31. The summed E-state index contributed by atoms with van der Waals surface area (Å²) in [6, 6.07) is 76.3. The number of hydrogen-bond donors (Lipinski definition) is 0. The lowest BCUT2D eigenvalue weighted by Crippen LogP contribution is -1.98. The first kappa shape index (κ1) is 35.1. The molecule has 1 heteroatoms. The molecule has 0 saturated carbocycles. The van der Waals surface area contributed by atoms with Crippen molar-refractivity contribution in [2.75, 3.05) is 0 Å². The average Bonchev–Trinajstić information content (AvgIpc) is 3.86. The van der Waals surface area contributed by atoms with Gasteiger partial charge in [0.1, 0.15) is 11.2 Å². The lowest BCUT2D eigenvalue weighted by molar-refractivity contribution is 0.670. The minimum Gasteiger partial charge on any atom is -0.455 e. The summed E-state index contributed by atoms with van der Waals surface area (Å²) < 4.78 is 6.72. The van der Waals surface area contributed by atoms with Crippen LogP contribution in [0.15, 0.2) is 211 Å². The van der Waals surface area contributed by atoms with E-state index in [0.717, 1.165) is 39.5 Å². The fourth-order valence-electron chi connectivity index (χ4n) is 11.1. The van der Waals surface area contributed by atoms with E-state index >= 15 is 0 Å². The third-order valence-electron chi connectivity index (χ3n) is 13.7. The van der Waals surface area contributed by atoms with Crippen LogP contribution in [0.25, 0.3) is 121 Å². The topological polar surface area (TPSA) is 13.1 Å². The zero-order valence-electron chi connectivity index (χ0n) is 34.3. The molecule has 0 saturated heterocycles. The normalized spacial score (nSPS) is 13.5. The molecule has 0 N–H and O–H groups in total. The second-order valence-electron chi connectivity index (χ2n) is 16.9. The molecular weight excluding hydrogens is 749 g/mol. The molecule has 0 amide bonds. The Bertz CT molecular complexity index is 3750. The van der Waals surface area contributed by atoms with Crippen LogP contribution in [0.5, 0.6) is 0 Å². The standard InChI is InChI=1S/C61H40O/c1-2-43-46-25-7-8-26-47(46)53-35-37-17-3-5-23-44(37)58(60(43)53)41-21-15-19-39(33-41)56-49-28-9-11-30-51(49)57(52-31-12-10-29-50(52)56)40-20-16-22-42(34-40)59-45-24-6-4-18-38(45)36-54-48-27-13-14-32-55(48)62-61(54)59/h3-36,43H,2H2,1H3. The van der Waals surface area contributed by atoms with Crippen molar-refractivity contribution in [3.05, 3.63) is 217 Å². The van der Waals surface area contributed by atoms with Gasteiger partial charge in [-0.25, -0.2) is 0 Å². The SMILES string of the molecule is CCC1c2ccccc2-c2cc3ccccc3c(-c3cccc(-c4c5ccccc5c(-c5cccc(-c6c7ccccc7cc7c6oc6ccccc67)c5)c5ccccc45)c3)c21. The van der Waals surface area contributed by atoms with Gasteiger partial charge in [0.2, 0.25) is 0 Å². The summed E-state index contributed by atoms with van der Waals surface area (Å²) in [5.74, 6) is 0.345. The molecule has 12 aromatic rings. The van der Waals surface area contributed by atoms with Crippen molar-refractivity contribution in [3.8, 4) is 55.6 Å². The van der Waals surface area contributed by atoms with Gasteiger partial charge in [0.25, 0.3) is 0 Å². The van der Waals surface area contributed by atoms with Gasteiger partial charge < -0.3 is 4.42 Å². The molecular formula is C61H40O. The maximum Gasteiger partial charge on any atom is 0.143 e. The molecule has 1 atom stereocenters. The summed E-state index contributed by atoms with van der Waals surface area (Å²) in [4.78, 5) is 0. The Morgan fingerprint density at radius 1 is 0.355 bits per heavy atom. The maximum atomic E-state index is 6.72. The van der Waals surface area contributed by atoms with Crippen molar-refractivity contribution in [2.45, 2.75) is 19.3 Å². The number of hydrogen-bond acceptors (Lipinski definition) is 1. The molecule has 1 aliphatic rings. The quantitative estimate of drug-likeness (QED) is 0.158. The molecule has 62 heavy (non-hydrogen) atoms. The minimum atomic E-state index is 0.345. The molecule has 1 unspecified atom stereocenters. The Kier molecular flexibility index (Phi) is 7.71. The summed E-state index contributed by atoms with van der Waals surface area (Å²) in [6.45, 7) is 2.34. The first-order chi connectivity index (χ1) is 30.7. The van der Waals surface area contributed by atoms with Crippen molar-refractivity contribution in [1.29, 1.82) is 0 Å². The number of rotatable bonds is 5. The number of fused-ring (bicyclic) bond motifs is 10. The fourth-order valence-corrected chi connectivity index (χ4v) is 11.1. The second-order valence-corrected chi connectivity index (χ2v) is 16.9. The van der Waals surface area contributed by atoms with Crippen LogP contribution in [0.1, 0.15) is 30.4 Å². The molecule has 1 aromatic heterocycles. The monoisotopic (exact) mass is 788 g/mol. The van der Waals surface area contributed by atoms with E-state index in [1.807, 2.05) is 0 Å². The zero-order chi connectivity index (χ0) is 40.9. The maximum absolute atomic E-state index is 6.72. The Morgan fingerprint density at radius 2 is 0.823 bits per heavy atom. The van der Waals surface area contributed by atoms with Gasteiger partial charge in [-0.05, 0) is 141 Å². The third kappa shape index (κ3) is 5.09. The van der Waals surface area contributed by atoms with E-state index < -0.39 is 0 Å². The van der Waals surface area contributed by atoms with Gasteiger partial charge in [0.05, 0.1) is 0 Å². The highest BCUT2D eigenvalue weighted by Crippen LogP contribution is 2.53. The van der Waals surface area contributed by atoms with Crippen molar-refractivity contribution < 1.29 is 4.42 Å². The first-order valence-corrected chi connectivity index (χ1v) is 21.9. The van der Waals surface area contributed by atoms with E-state index in [2.05, 4.69) is 213 Å². The molecule has 13 rings (SSSR count). The van der Waals surface area contributed by atoms with E-state index in [4.69, 9.17) is 4.42 Å². The summed E-state index contributed by atoms with van der Waals surface area (Å²) in [5.41, 5.74) is 17.3. The van der Waals surface area contributed by atoms with Gasteiger partial charge in [-0.15, -0.1) is 0 Å². The molecule has 0 aliphatic heterocycles. The molecule has 0 spiro atoms. The van der Waals surface area contributed by atoms with Crippen molar-refractivity contribution in [2.24, 2.45) is 0 Å². The van der Waals surface area contributed by atoms with E-state index in [0.29, 0.717) is 5.92 Å². The van der Waals surface area contributed by atoms with Gasteiger partial charge in [0, 0.05) is 22.3 Å². The van der Waals surface area contributed by atoms with E-state index in [9.17, 15) is 0 Å². The Morgan fingerprint density at radius 3 is 1.44 bits per heavy atom. The van der Waals surface area contributed by atoms with Crippen molar-refractivity contribution in [3.63, 3.8) is 0 Å². The second kappa shape index (κ2) is 13.6.